The van der Waals surface area contributed by atoms with Crippen LogP contribution >= 0.6 is 0 Å². The molecule has 1 aromatic carbocycles. The van der Waals surface area contributed by atoms with Gasteiger partial charge in [0.25, 0.3) is 0 Å². The van der Waals surface area contributed by atoms with Crippen LogP contribution in [-0.4, -0.2) is 40.4 Å². The van der Waals surface area contributed by atoms with Gasteiger partial charge >= 0.3 is 5.97 Å². The molecule has 0 bridgehead atoms. The Hall–Kier alpha value is -3.42. The third kappa shape index (κ3) is 2.89. The molecule has 0 saturated heterocycles. The number of rotatable bonds is 5. The van der Waals surface area contributed by atoms with E-state index in [2.05, 4.69) is 38.2 Å². The Morgan fingerprint density at radius 2 is 2.00 bits per heavy atom. The lowest BCUT2D eigenvalue weighted by atomic mass is 10.2. The van der Waals surface area contributed by atoms with Crippen molar-refractivity contribution < 1.29 is 9.90 Å². The minimum absolute atomic E-state index is 0.177. The fraction of sp³-hybridized carbons (Fsp3) is 0.176. The molecule has 3 heterocycles. The summed E-state index contributed by atoms with van der Waals surface area (Å²) in [6, 6.07) is 10.2. The second-order valence-corrected chi connectivity index (χ2v) is 5.88. The third-order valence-corrected chi connectivity index (χ3v) is 4.05. The molecule has 0 saturated carbocycles. The number of para-hydroxylation sites is 1. The number of aromatic nitrogens is 6. The molecular weight excluding hydrogens is 320 g/mol. The van der Waals surface area contributed by atoms with Gasteiger partial charge in [-0.1, -0.05) is 23.4 Å². The summed E-state index contributed by atoms with van der Waals surface area (Å²) in [6.07, 6.45) is 5.32. The van der Waals surface area contributed by atoms with E-state index in [9.17, 15) is 9.90 Å². The van der Waals surface area contributed by atoms with Crippen LogP contribution < -0.4 is 0 Å². The summed E-state index contributed by atoms with van der Waals surface area (Å²) in [7, 11) is 1.69. The van der Waals surface area contributed by atoms with Crippen molar-refractivity contribution in [1.29, 1.82) is 0 Å². The van der Waals surface area contributed by atoms with Crippen LogP contribution in [0.1, 0.15) is 21.7 Å². The number of carboxylic acid groups (broad SMARTS) is 1. The van der Waals surface area contributed by atoms with Gasteiger partial charge in [-0.2, -0.15) is 5.10 Å². The van der Waals surface area contributed by atoms with Crippen molar-refractivity contribution in [1.82, 2.24) is 29.3 Å². The van der Waals surface area contributed by atoms with E-state index in [1.54, 1.807) is 11.7 Å². The third-order valence-electron chi connectivity index (χ3n) is 4.05. The van der Waals surface area contributed by atoms with Crippen molar-refractivity contribution in [2.24, 2.45) is 7.05 Å². The molecule has 8 heteroatoms. The van der Waals surface area contributed by atoms with Gasteiger partial charge < -0.3 is 9.67 Å². The lowest BCUT2D eigenvalue weighted by Crippen LogP contribution is -2.07. The monoisotopic (exact) mass is 336 g/mol. The summed E-state index contributed by atoms with van der Waals surface area (Å²) in [5, 5.41) is 22.9. The first-order valence-corrected chi connectivity index (χ1v) is 7.79. The van der Waals surface area contributed by atoms with Crippen molar-refractivity contribution in [2.75, 3.05) is 0 Å². The van der Waals surface area contributed by atoms with Crippen molar-refractivity contribution in [2.45, 2.75) is 13.1 Å². The molecule has 4 rings (SSSR count). The molecule has 1 N–H and O–H groups in total. The Balaban J connectivity index is 1.56. The Bertz CT molecular complexity index is 1060. The fourth-order valence-corrected chi connectivity index (χ4v) is 2.92. The molecular formula is C17H16N6O2. The average molecular weight is 336 g/mol. The largest absolute Gasteiger partial charge is 0.478 e. The molecule has 0 amide bonds. The van der Waals surface area contributed by atoms with Crippen LogP contribution in [0.15, 0.2) is 48.9 Å². The number of aryl methyl sites for hydroxylation is 1. The molecule has 4 aromatic rings. The van der Waals surface area contributed by atoms with Gasteiger partial charge in [-0.3, -0.25) is 4.68 Å². The number of carboxylic acids is 1. The van der Waals surface area contributed by atoms with E-state index in [0.717, 1.165) is 11.2 Å². The van der Waals surface area contributed by atoms with E-state index < -0.39 is 5.97 Å². The van der Waals surface area contributed by atoms with Gasteiger partial charge in [0.15, 0.2) is 0 Å². The molecule has 25 heavy (non-hydrogen) atoms. The second-order valence-electron chi connectivity index (χ2n) is 5.88. The Morgan fingerprint density at radius 3 is 2.84 bits per heavy atom. The number of carbonyl (C=O) groups is 1. The topological polar surface area (TPSA) is 90.8 Å². The number of benzene rings is 1. The highest BCUT2D eigenvalue weighted by Crippen LogP contribution is 2.16. The number of fused-ring (bicyclic) bond motifs is 1. The van der Waals surface area contributed by atoms with Crippen LogP contribution in [0, 0.1) is 0 Å². The maximum Gasteiger partial charge on any atom is 0.339 e. The number of hydrogen-bond donors (Lipinski definition) is 1. The first kappa shape index (κ1) is 15.1. The van der Waals surface area contributed by atoms with Gasteiger partial charge in [0.2, 0.25) is 0 Å². The maximum atomic E-state index is 11.3. The molecule has 8 nitrogen and oxygen atoms in total. The number of nitrogens with zero attached hydrogens (tertiary/aromatic N) is 6. The van der Waals surface area contributed by atoms with E-state index in [1.807, 2.05) is 24.5 Å². The SMILES string of the molecule is Cn1cc(C(=O)O)c(Cn2cc(Cn3ccc4ccccc43)nn2)n1. The normalized spacial score (nSPS) is 11.2. The zero-order chi connectivity index (χ0) is 17.4. The van der Waals surface area contributed by atoms with Gasteiger partial charge in [-0.05, 0) is 17.5 Å². The lowest BCUT2D eigenvalue weighted by molar-refractivity contribution is 0.0695. The number of hydrogen-bond acceptors (Lipinski definition) is 4. The van der Waals surface area contributed by atoms with E-state index in [-0.39, 0.29) is 12.1 Å². The van der Waals surface area contributed by atoms with Crippen LogP contribution in [-0.2, 0) is 20.1 Å². The van der Waals surface area contributed by atoms with Crippen LogP contribution in [0.3, 0.4) is 0 Å². The molecule has 0 aliphatic rings. The molecule has 0 atom stereocenters. The zero-order valence-corrected chi connectivity index (χ0v) is 13.6. The summed E-state index contributed by atoms with van der Waals surface area (Å²) < 4.78 is 5.20. The van der Waals surface area contributed by atoms with Crippen molar-refractivity contribution in [3.05, 3.63) is 65.9 Å². The van der Waals surface area contributed by atoms with Crippen LogP contribution in [0.2, 0.25) is 0 Å². The molecule has 0 aliphatic carbocycles. The van der Waals surface area contributed by atoms with Crippen molar-refractivity contribution in [3.63, 3.8) is 0 Å². The molecule has 0 radical (unpaired) electrons. The minimum Gasteiger partial charge on any atom is -0.478 e. The summed E-state index contributed by atoms with van der Waals surface area (Å²) in [4.78, 5) is 11.3. The van der Waals surface area contributed by atoms with Crippen molar-refractivity contribution in [3.8, 4) is 0 Å². The predicted molar refractivity (Wildman–Crippen MR) is 90.3 cm³/mol. The summed E-state index contributed by atoms with van der Waals surface area (Å²) >= 11 is 0. The summed E-state index contributed by atoms with van der Waals surface area (Å²) in [6.45, 7) is 0.865. The molecule has 0 fully saturated rings. The second kappa shape index (κ2) is 5.90. The highest BCUT2D eigenvalue weighted by molar-refractivity contribution is 5.88. The van der Waals surface area contributed by atoms with Gasteiger partial charge in [-0.15, -0.1) is 5.10 Å². The van der Waals surface area contributed by atoms with E-state index in [4.69, 9.17) is 0 Å². The average Bonchev–Trinajstić information content (AvgIpc) is 3.28. The predicted octanol–water partition coefficient (Wildman–Crippen LogP) is 1.76. The van der Waals surface area contributed by atoms with Gasteiger partial charge in [0, 0.05) is 25.0 Å². The molecule has 0 aliphatic heterocycles. The van der Waals surface area contributed by atoms with E-state index in [0.29, 0.717) is 12.2 Å². The smallest absolute Gasteiger partial charge is 0.339 e. The maximum absolute atomic E-state index is 11.3. The highest BCUT2D eigenvalue weighted by atomic mass is 16.4. The lowest BCUT2D eigenvalue weighted by Gasteiger charge is -2.02. The number of aromatic carboxylic acids is 1. The standard InChI is InChI=1S/C17H16N6O2/c1-21-10-14(17(24)25)15(19-21)11-23-9-13(18-20-23)8-22-7-6-12-4-2-3-5-16(12)22/h2-7,9-10H,8,11H2,1H3,(H,24,25). The fourth-order valence-electron chi connectivity index (χ4n) is 2.92. The zero-order valence-electron chi connectivity index (χ0n) is 13.6. The van der Waals surface area contributed by atoms with E-state index >= 15 is 0 Å². The first-order chi connectivity index (χ1) is 12.1. The minimum atomic E-state index is -0.998. The van der Waals surface area contributed by atoms with E-state index in [1.165, 1.54) is 16.3 Å². The summed E-state index contributed by atoms with van der Waals surface area (Å²) in [5.74, 6) is -0.998. The van der Waals surface area contributed by atoms with Crippen LogP contribution in [0.5, 0.6) is 0 Å². The highest BCUT2D eigenvalue weighted by Gasteiger charge is 2.15. The summed E-state index contributed by atoms with van der Waals surface area (Å²) in [5.41, 5.74) is 2.57. The molecule has 126 valence electrons. The quantitative estimate of drug-likeness (QED) is 0.600. The Kier molecular flexibility index (Phi) is 3.57. The van der Waals surface area contributed by atoms with Crippen LogP contribution in [0.4, 0.5) is 0 Å². The van der Waals surface area contributed by atoms with Crippen LogP contribution in [0.25, 0.3) is 10.9 Å². The molecule has 3 aromatic heterocycles. The molecule has 0 unspecified atom stereocenters. The van der Waals surface area contributed by atoms with Crippen molar-refractivity contribution >= 4 is 16.9 Å². The van der Waals surface area contributed by atoms with Gasteiger partial charge in [0.1, 0.15) is 11.3 Å². The van der Waals surface area contributed by atoms with Gasteiger partial charge in [0.05, 0.1) is 25.0 Å². The Labute approximate surface area is 142 Å². The van der Waals surface area contributed by atoms with Gasteiger partial charge in [-0.25, -0.2) is 9.48 Å². The Morgan fingerprint density at radius 1 is 1.16 bits per heavy atom. The first-order valence-electron chi connectivity index (χ1n) is 7.79. The molecule has 0 spiro atoms.